The predicted octanol–water partition coefficient (Wildman–Crippen LogP) is 0.507. The molecule has 1 atom stereocenters. The third-order valence-corrected chi connectivity index (χ3v) is 2.80. The van der Waals surface area contributed by atoms with E-state index in [9.17, 15) is 9.90 Å². The van der Waals surface area contributed by atoms with Crippen molar-refractivity contribution in [3.8, 4) is 0 Å². The van der Waals surface area contributed by atoms with E-state index >= 15 is 0 Å². The number of carbonyl (C=O) groups is 1. The predicted molar refractivity (Wildman–Crippen MR) is 60.4 cm³/mol. The fourth-order valence-corrected chi connectivity index (χ4v) is 1.93. The second-order valence-corrected chi connectivity index (χ2v) is 4.32. The van der Waals surface area contributed by atoms with Crippen molar-refractivity contribution in [1.82, 2.24) is 0 Å². The molecule has 0 saturated heterocycles. The fourth-order valence-electron chi connectivity index (χ4n) is 1.93. The highest BCUT2D eigenvalue weighted by Crippen LogP contribution is 2.19. The van der Waals surface area contributed by atoms with E-state index in [-0.39, 0.29) is 12.5 Å². The first-order chi connectivity index (χ1) is 7.50. The van der Waals surface area contributed by atoms with Crippen molar-refractivity contribution in [2.75, 3.05) is 0 Å². The van der Waals surface area contributed by atoms with Crippen LogP contribution in [-0.4, -0.2) is 5.97 Å². The molecule has 0 aliphatic rings. The summed E-state index contributed by atoms with van der Waals surface area (Å²) in [6.45, 7) is 4.13. The quantitative estimate of drug-likeness (QED) is 0.787. The van der Waals surface area contributed by atoms with Gasteiger partial charge in [0.2, 0.25) is 0 Å². The molecule has 0 aromatic heterocycles. The maximum Gasteiger partial charge on any atom is 0.110 e. The van der Waals surface area contributed by atoms with Crippen LogP contribution in [0.3, 0.4) is 0 Å². The summed E-state index contributed by atoms with van der Waals surface area (Å²) < 4.78 is 0. The Labute approximate surface area is 96.3 Å². The molecule has 0 fully saturated rings. The van der Waals surface area contributed by atoms with Gasteiger partial charge in [-0.2, -0.15) is 0 Å². The van der Waals surface area contributed by atoms with Crippen molar-refractivity contribution in [3.63, 3.8) is 0 Å². The highest BCUT2D eigenvalue weighted by Gasteiger charge is 2.11. The van der Waals surface area contributed by atoms with Gasteiger partial charge in [0.25, 0.3) is 0 Å². The van der Waals surface area contributed by atoms with Crippen LogP contribution in [0.5, 0.6) is 0 Å². The summed E-state index contributed by atoms with van der Waals surface area (Å²) in [6, 6.07) is 6.45. The van der Waals surface area contributed by atoms with Crippen LogP contribution in [-0.2, 0) is 4.79 Å². The maximum absolute atomic E-state index is 10.3. The van der Waals surface area contributed by atoms with Crippen molar-refractivity contribution in [2.45, 2.75) is 39.2 Å². The number of quaternary nitrogens is 1. The Kier molecular flexibility index (Phi) is 4.50. The minimum absolute atomic E-state index is 0.122. The number of benzene rings is 1. The van der Waals surface area contributed by atoms with Gasteiger partial charge in [-0.3, -0.25) is 0 Å². The zero-order valence-electron chi connectivity index (χ0n) is 9.95. The summed E-state index contributed by atoms with van der Waals surface area (Å²) in [5.74, 6) is -0.979. The monoisotopic (exact) mass is 221 g/mol. The first-order valence-corrected chi connectivity index (χ1v) is 5.61. The SMILES string of the molecule is Cc1ccc([C@H]([NH3+])CCCC(=O)[O-])c(C)c1. The first kappa shape index (κ1) is 12.7. The van der Waals surface area contributed by atoms with Crippen LogP contribution in [0.1, 0.15) is 42.0 Å². The molecule has 1 aromatic rings. The molecule has 0 spiro atoms. The number of aliphatic carboxylic acids is 1. The summed E-state index contributed by atoms with van der Waals surface area (Å²) in [4.78, 5) is 10.3. The molecule has 3 N–H and O–H groups in total. The van der Waals surface area contributed by atoms with Crippen LogP contribution in [0.15, 0.2) is 18.2 Å². The molecule has 0 amide bonds. The van der Waals surface area contributed by atoms with Gasteiger partial charge in [0.05, 0.1) is 0 Å². The van der Waals surface area contributed by atoms with Gasteiger partial charge in [0, 0.05) is 18.0 Å². The molecule has 1 aromatic carbocycles. The third kappa shape index (κ3) is 3.66. The Morgan fingerprint density at radius 2 is 2.12 bits per heavy atom. The molecule has 0 radical (unpaired) electrons. The lowest BCUT2D eigenvalue weighted by Crippen LogP contribution is -2.53. The normalized spacial score (nSPS) is 12.4. The van der Waals surface area contributed by atoms with Crippen LogP contribution in [0.2, 0.25) is 0 Å². The third-order valence-electron chi connectivity index (χ3n) is 2.80. The van der Waals surface area contributed by atoms with Crippen LogP contribution < -0.4 is 10.8 Å². The molecule has 0 aliphatic heterocycles. The number of hydrogen-bond donors (Lipinski definition) is 1. The van der Waals surface area contributed by atoms with E-state index in [1.807, 2.05) is 0 Å². The standard InChI is InChI=1S/C13H19NO2/c1-9-6-7-11(10(2)8-9)12(14)4-3-5-13(15)16/h6-8,12H,3-5,14H2,1-2H3,(H,15,16)/t12-/m1/s1. The Hall–Kier alpha value is -1.35. The fraction of sp³-hybridized carbons (Fsp3) is 0.462. The molecule has 0 saturated carbocycles. The van der Waals surface area contributed by atoms with E-state index < -0.39 is 5.97 Å². The highest BCUT2D eigenvalue weighted by molar-refractivity contribution is 5.64. The largest absolute Gasteiger partial charge is 0.550 e. The molecule has 3 heteroatoms. The number of hydrogen-bond acceptors (Lipinski definition) is 2. The molecule has 3 nitrogen and oxygen atoms in total. The Balaban J connectivity index is 2.58. The van der Waals surface area contributed by atoms with Gasteiger partial charge in [-0.1, -0.05) is 23.8 Å². The Morgan fingerprint density at radius 3 is 2.69 bits per heavy atom. The Bertz CT molecular complexity index is 374. The molecule has 0 heterocycles. The number of aryl methyl sites for hydroxylation is 2. The van der Waals surface area contributed by atoms with Gasteiger partial charge in [-0.25, -0.2) is 0 Å². The summed E-state index contributed by atoms with van der Waals surface area (Å²) in [5, 5.41) is 10.3. The molecule has 1 rings (SSSR count). The van der Waals surface area contributed by atoms with Gasteiger partial charge in [0.1, 0.15) is 6.04 Å². The van der Waals surface area contributed by atoms with Crippen LogP contribution >= 0.6 is 0 Å². The minimum atomic E-state index is -0.979. The topological polar surface area (TPSA) is 67.8 Å². The van der Waals surface area contributed by atoms with Crippen molar-refractivity contribution in [3.05, 3.63) is 34.9 Å². The summed E-state index contributed by atoms with van der Waals surface area (Å²) in [5.41, 5.74) is 7.76. The summed E-state index contributed by atoms with van der Waals surface area (Å²) in [7, 11) is 0. The molecule has 16 heavy (non-hydrogen) atoms. The van der Waals surface area contributed by atoms with E-state index in [2.05, 4.69) is 37.8 Å². The van der Waals surface area contributed by atoms with E-state index in [0.717, 1.165) is 6.42 Å². The van der Waals surface area contributed by atoms with Crippen LogP contribution in [0.4, 0.5) is 0 Å². The lowest BCUT2D eigenvalue weighted by molar-refractivity contribution is -0.428. The average Bonchev–Trinajstić information content (AvgIpc) is 2.16. The maximum atomic E-state index is 10.3. The molecule has 0 aliphatic carbocycles. The first-order valence-electron chi connectivity index (χ1n) is 5.61. The van der Waals surface area contributed by atoms with Crippen molar-refractivity contribution < 1.29 is 15.6 Å². The number of carbonyl (C=O) groups excluding carboxylic acids is 1. The summed E-state index contributed by atoms with van der Waals surface area (Å²) in [6.07, 6.45) is 1.54. The van der Waals surface area contributed by atoms with Crippen molar-refractivity contribution >= 4 is 5.97 Å². The van der Waals surface area contributed by atoms with Gasteiger partial charge in [-0.15, -0.1) is 0 Å². The van der Waals surface area contributed by atoms with Crippen molar-refractivity contribution in [1.29, 1.82) is 0 Å². The second kappa shape index (κ2) is 5.66. The lowest BCUT2D eigenvalue weighted by Gasteiger charge is -2.12. The molecule has 0 unspecified atom stereocenters. The molecular formula is C13H19NO2. The second-order valence-electron chi connectivity index (χ2n) is 4.32. The van der Waals surface area contributed by atoms with Crippen LogP contribution in [0, 0.1) is 13.8 Å². The summed E-state index contributed by atoms with van der Waals surface area (Å²) >= 11 is 0. The minimum Gasteiger partial charge on any atom is -0.550 e. The zero-order chi connectivity index (χ0) is 12.1. The molecule has 0 bridgehead atoms. The number of carboxylic acid groups (broad SMARTS) is 1. The van der Waals surface area contributed by atoms with E-state index in [0.29, 0.717) is 6.42 Å². The number of carboxylic acids is 1. The van der Waals surface area contributed by atoms with E-state index in [4.69, 9.17) is 0 Å². The zero-order valence-corrected chi connectivity index (χ0v) is 9.95. The molecular weight excluding hydrogens is 202 g/mol. The average molecular weight is 221 g/mol. The smallest absolute Gasteiger partial charge is 0.110 e. The number of rotatable bonds is 5. The van der Waals surface area contributed by atoms with Gasteiger partial charge in [0.15, 0.2) is 0 Å². The lowest BCUT2D eigenvalue weighted by atomic mass is 9.96. The highest BCUT2D eigenvalue weighted by atomic mass is 16.4. The van der Waals surface area contributed by atoms with Crippen molar-refractivity contribution in [2.24, 2.45) is 0 Å². The Morgan fingerprint density at radius 1 is 1.44 bits per heavy atom. The van der Waals surface area contributed by atoms with E-state index in [1.165, 1.54) is 16.7 Å². The van der Waals surface area contributed by atoms with Crippen LogP contribution in [0.25, 0.3) is 0 Å². The van der Waals surface area contributed by atoms with Gasteiger partial charge < -0.3 is 15.6 Å². The van der Waals surface area contributed by atoms with Gasteiger partial charge >= 0.3 is 0 Å². The van der Waals surface area contributed by atoms with Gasteiger partial charge in [-0.05, 0) is 32.3 Å². The molecule has 88 valence electrons. The van der Waals surface area contributed by atoms with E-state index in [1.54, 1.807) is 0 Å².